The van der Waals surface area contributed by atoms with E-state index in [1.54, 1.807) is 31.3 Å². The summed E-state index contributed by atoms with van der Waals surface area (Å²) in [4.78, 5) is 24.8. The van der Waals surface area contributed by atoms with E-state index >= 15 is 0 Å². The summed E-state index contributed by atoms with van der Waals surface area (Å²) in [6.07, 6.45) is 3.38. The van der Waals surface area contributed by atoms with Gasteiger partial charge in [0.05, 0.1) is 22.8 Å². The van der Waals surface area contributed by atoms with Crippen molar-refractivity contribution in [3.63, 3.8) is 0 Å². The molecule has 1 aromatic heterocycles. The largest absolute Gasteiger partial charge is 0.384 e. The minimum atomic E-state index is -3.84. The van der Waals surface area contributed by atoms with Crippen LogP contribution in [0.4, 0.5) is 5.69 Å². The van der Waals surface area contributed by atoms with Crippen LogP contribution in [-0.4, -0.2) is 34.5 Å². The fourth-order valence-corrected chi connectivity index (χ4v) is 14.5. The lowest BCUT2D eigenvalue weighted by molar-refractivity contribution is 0.312. The van der Waals surface area contributed by atoms with Gasteiger partial charge in [-0.2, -0.15) is 8.42 Å². The fraction of sp³-hybridized carbons (Fsp3) is 0.438. The molecule has 1 N–H and O–H groups in total. The van der Waals surface area contributed by atoms with E-state index in [2.05, 4.69) is 63.4 Å². The first-order valence-electron chi connectivity index (χ1n) is 14.4. The van der Waals surface area contributed by atoms with Gasteiger partial charge in [-0.1, -0.05) is 65.3 Å². The van der Waals surface area contributed by atoms with E-state index in [1.165, 1.54) is 0 Å². The van der Waals surface area contributed by atoms with Crippen LogP contribution in [0.1, 0.15) is 59.1 Å². The first-order valence-corrected chi connectivity index (χ1v) is 18.0. The van der Waals surface area contributed by atoms with Crippen LogP contribution in [0, 0.1) is 6.92 Å². The second kappa shape index (κ2) is 11.7. The molecule has 9 heteroatoms. The van der Waals surface area contributed by atoms with E-state index in [0.29, 0.717) is 40.7 Å². The van der Waals surface area contributed by atoms with Crippen LogP contribution >= 0.6 is 0 Å². The van der Waals surface area contributed by atoms with Crippen molar-refractivity contribution in [2.45, 2.75) is 82.8 Å². The molecule has 0 fully saturated rings. The Kier molecular flexibility index (Phi) is 8.83. The second-order valence-electron chi connectivity index (χ2n) is 12.0. The summed E-state index contributed by atoms with van der Waals surface area (Å²) in [5.74, 6) is 0. The highest BCUT2D eigenvalue weighted by Crippen LogP contribution is 2.45. The SMILES string of the molecule is CNc1c(-c2ccc3c(c2)c(CCCOS(=O)(=O)c2ccc(C)cc2)cn3[Si](C(C)C)(C(C)C)C(C)C)c(=O)c1=O. The topological polar surface area (TPSA) is 94.5 Å². The van der Waals surface area contributed by atoms with Crippen LogP contribution in [0.15, 0.2) is 63.1 Å². The molecule has 0 amide bonds. The van der Waals surface area contributed by atoms with E-state index in [9.17, 15) is 18.0 Å². The molecule has 0 radical (unpaired) electrons. The number of benzene rings is 2. The Labute approximate surface area is 244 Å². The number of hydrogen-bond donors (Lipinski definition) is 1. The van der Waals surface area contributed by atoms with Gasteiger partial charge in [0.1, 0.15) is 0 Å². The summed E-state index contributed by atoms with van der Waals surface area (Å²) in [7, 11) is -4.30. The van der Waals surface area contributed by atoms with Gasteiger partial charge in [0.15, 0.2) is 8.24 Å². The van der Waals surface area contributed by atoms with E-state index in [0.717, 1.165) is 27.6 Å². The summed E-state index contributed by atoms with van der Waals surface area (Å²) < 4.78 is 33.4. The third-order valence-electron chi connectivity index (χ3n) is 8.67. The van der Waals surface area contributed by atoms with Gasteiger partial charge in [-0.05, 0) is 78.0 Å². The summed E-state index contributed by atoms with van der Waals surface area (Å²) in [6.45, 7) is 15.9. The first kappa shape index (κ1) is 30.9. The Morgan fingerprint density at radius 3 is 2.07 bits per heavy atom. The molecule has 0 saturated heterocycles. The van der Waals surface area contributed by atoms with Crippen LogP contribution in [0.2, 0.25) is 16.6 Å². The van der Waals surface area contributed by atoms with Crippen molar-refractivity contribution in [2.75, 3.05) is 19.0 Å². The summed E-state index contributed by atoms with van der Waals surface area (Å²) >= 11 is 0. The third kappa shape index (κ3) is 5.35. The standard InChI is InChI=1S/C32H42N2O5SSi/c1-20(2)41(21(3)4,22(5)6)34-19-25(10-9-17-39-40(37,38)26-14-11-23(7)12-15-26)27-18-24(13-16-28(27)34)29-30(33-8)32(36)31(29)35/h11-16,18-22,33H,9-10,17H2,1-8H3. The predicted molar refractivity (Wildman–Crippen MR) is 171 cm³/mol. The molecule has 41 heavy (non-hydrogen) atoms. The Morgan fingerprint density at radius 1 is 0.902 bits per heavy atom. The molecule has 0 saturated carbocycles. The summed E-state index contributed by atoms with van der Waals surface area (Å²) in [6, 6.07) is 12.7. The van der Waals surface area contributed by atoms with Crippen LogP contribution in [0.3, 0.4) is 0 Å². The lowest BCUT2D eigenvalue weighted by Crippen LogP contribution is -2.51. The smallest absolute Gasteiger partial charge is 0.296 e. The number of fused-ring (bicyclic) bond motifs is 1. The van der Waals surface area contributed by atoms with Gasteiger partial charge in [-0.25, -0.2) is 0 Å². The van der Waals surface area contributed by atoms with E-state index in [4.69, 9.17) is 4.18 Å². The van der Waals surface area contributed by atoms with Crippen molar-refractivity contribution in [3.05, 3.63) is 80.2 Å². The maximum absolute atomic E-state index is 12.7. The molecule has 0 aliphatic rings. The normalized spacial score (nSPS) is 12.9. The van der Waals surface area contributed by atoms with Crippen molar-refractivity contribution in [1.29, 1.82) is 0 Å². The fourth-order valence-electron chi connectivity index (χ4n) is 6.92. The highest BCUT2D eigenvalue weighted by atomic mass is 32.2. The Morgan fingerprint density at radius 2 is 1.51 bits per heavy atom. The minimum Gasteiger partial charge on any atom is -0.384 e. The van der Waals surface area contributed by atoms with Crippen molar-refractivity contribution in [3.8, 4) is 11.1 Å². The Balaban J connectivity index is 1.75. The maximum atomic E-state index is 12.7. The maximum Gasteiger partial charge on any atom is 0.296 e. The van der Waals surface area contributed by atoms with Crippen molar-refractivity contribution in [1.82, 2.24) is 4.23 Å². The number of anilines is 1. The highest BCUT2D eigenvalue weighted by Gasteiger charge is 2.46. The van der Waals surface area contributed by atoms with Gasteiger partial charge in [-0.15, -0.1) is 0 Å². The molecular formula is C32H42N2O5SSi. The van der Waals surface area contributed by atoms with Gasteiger partial charge in [0, 0.05) is 18.0 Å². The van der Waals surface area contributed by atoms with Gasteiger partial charge in [-0.3, -0.25) is 13.8 Å². The zero-order valence-corrected chi connectivity index (χ0v) is 27.2. The molecule has 4 rings (SSSR count). The average molecular weight is 595 g/mol. The van der Waals surface area contributed by atoms with Crippen LogP contribution < -0.4 is 16.2 Å². The number of hydrogen-bond acceptors (Lipinski definition) is 6. The number of nitrogens with one attached hydrogen (secondary N) is 1. The molecule has 1 heterocycles. The first-order chi connectivity index (χ1) is 19.3. The van der Waals surface area contributed by atoms with E-state index in [-0.39, 0.29) is 11.5 Å². The van der Waals surface area contributed by atoms with Crippen LogP contribution in [0.25, 0.3) is 22.0 Å². The molecule has 0 aliphatic carbocycles. The quantitative estimate of drug-likeness (QED) is 0.0858. The molecule has 7 nitrogen and oxygen atoms in total. The molecule has 0 atom stereocenters. The Hall–Kier alpha value is -3.01. The lowest BCUT2D eigenvalue weighted by atomic mass is 9.96. The molecule has 0 unspecified atom stereocenters. The van der Waals surface area contributed by atoms with Crippen LogP contribution in [0.5, 0.6) is 0 Å². The van der Waals surface area contributed by atoms with Crippen molar-refractivity contribution in [2.24, 2.45) is 0 Å². The molecule has 0 aliphatic heterocycles. The molecule has 4 aromatic rings. The minimum absolute atomic E-state index is 0.0612. The average Bonchev–Trinajstić information content (AvgIpc) is 3.26. The zero-order valence-electron chi connectivity index (χ0n) is 25.4. The number of aryl methyl sites for hydroxylation is 2. The summed E-state index contributed by atoms with van der Waals surface area (Å²) in [5, 5.41) is 3.90. The second-order valence-corrected chi connectivity index (χ2v) is 19.3. The van der Waals surface area contributed by atoms with Gasteiger partial charge in [0.2, 0.25) is 10.9 Å². The van der Waals surface area contributed by atoms with Crippen molar-refractivity contribution < 1.29 is 12.6 Å². The number of aromatic nitrogens is 1. The molecule has 0 spiro atoms. The van der Waals surface area contributed by atoms with Gasteiger partial charge in [0.25, 0.3) is 10.1 Å². The van der Waals surface area contributed by atoms with Crippen molar-refractivity contribution >= 4 is 34.9 Å². The number of rotatable bonds is 12. The predicted octanol–water partition coefficient (Wildman–Crippen LogP) is 6.62. The Bertz CT molecular complexity index is 1700. The van der Waals surface area contributed by atoms with Gasteiger partial charge >= 0.3 is 0 Å². The van der Waals surface area contributed by atoms with E-state index < -0.39 is 29.2 Å². The molecule has 220 valence electrons. The molecular weight excluding hydrogens is 553 g/mol. The van der Waals surface area contributed by atoms with E-state index in [1.807, 2.05) is 19.1 Å². The molecule has 0 bridgehead atoms. The molecule has 3 aromatic carbocycles. The monoisotopic (exact) mass is 594 g/mol. The summed E-state index contributed by atoms with van der Waals surface area (Å²) in [5.41, 5.74) is 5.12. The highest BCUT2D eigenvalue weighted by molar-refractivity contribution is 7.86. The number of nitrogens with zero attached hydrogens (tertiary/aromatic N) is 1. The van der Waals surface area contributed by atoms with Crippen LogP contribution in [-0.2, 0) is 20.7 Å². The zero-order chi connectivity index (χ0) is 30.3. The van der Waals surface area contributed by atoms with Gasteiger partial charge < -0.3 is 9.55 Å². The lowest BCUT2D eigenvalue weighted by Gasteiger charge is -2.44. The third-order valence-corrected chi connectivity index (χ3v) is 16.7.